The number of benzene rings is 1. The lowest BCUT2D eigenvalue weighted by atomic mass is 9.98. The topological polar surface area (TPSA) is 108 Å². The van der Waals surface area contributed by atoms with E-state index in [2.05, 4.69) is 21.4 Å². The molecule has 0 radical (unpaired) electrons. The van der Waals surface area contributed by atoms with Gasteiger partial charge in [-0.15, -0.1) is 0 Å². The van der Waals surface area contributed by atoms with Gasteiger partial charge < -0.3 is 10.1 Å². The Morgan fingerprint density at radius 2 is 2.00 bits per heavy atom. The van der Waals surface area contributed by atoms with Crippen LogP contribution in [0.3, 0.4) is 0 Å². The van der Waals surface area contributed by atoms with Crippen molar-refractivity contribution in [3.05, 3.63) is 41.6 Å². The van der Waals surface area contributed by atoms with E-state index >= 15 is 0 Å². The van der Waals surface area contributed by atoms with E-state index in [1.165, 1.54) is 12.3 Å². The second-order valence-corrected chi connectivity index (χ2v) is 7.01. The molecule has 8 heteroatoms. The maximum Gasteiger partial charge on any atom is 0.332 e. The second kappa shape index (κ2) is 6.68. The number of nitriles is 1. The lowest BCUT2D eigenvalue weighted by molar-refractivity contribution is -0.121. The first kappa shape index (κ1) is 18.3. The molecular formula is C19H19N5O3. The van der Waals surface area contributed by atoms with Crippen LogP contribution in [-0.4, -0.2) is 27.4 Å². The normalized spacial score (nSPS) is 15.6. The van der Waals surface area contributed by atoms with Crippen LogP contribution in [-0.2, 0) is 4.79 Å². The summed E-state index contributed by atoms with van der Waals surface area (Å²) >= 11 is 0. The molecule has 1 aromatic heterocycles. The Bertz CT molecular complexity index is 962. The van der Waals surface area contributed by atoms with E-state index in [1.807, 2.05) is 13.8 Å². The van der Waals surface area contributed by atoms with E-state index in [-0.39, 0.29) is 17.7 Å². The van der Waals surface area contributed by atoms with Gasteiger partial charge in [-0.3, -0.25) is 4.79 Å². The first-order valence-electron chi connectivity index (χ1n) is 8.44. The Hall–Kier alpha value is -3.47. The lowest BCUT2D eigenvalue weighted by Crippen LogP contribution is -2.40. The standard InChI is InChI=1S/C19H19N5O3/c1-11(2)14-9-13(6-5-12(14)10-20)27-15-7-8-21-17(22-15)24-16(25)19(3,4)23-18(24)26/h5-9,11H,1-4H3,(H,23,26). The van der Waals surface area contributed by atoms with Crippen molar-refractivity contribution >= 4 is 17.9 Å². The molecule has 2 heterocycles. The predicted molar refractivity (Wildman–Crippen MR) is 97.4 cm³/mol. The number of anilines is 1. The van der Waals surface area contributed by atoms with Gasteiger partial charge in [-0.1, -0.05) is 13.8 Å². The van der Waals surface area contributed by atoms with Crippen molar-refractivity contribution in [3.63, 3.8) is 0 Å². The molecule has 3 rings (SSSR count). The highest BCUT2D eigenvalue weighted by molar-refractivity contribution is 6.22. The second-order valence-electron chi connectivity index (χ2n) is 7.01. The number of hydrogen-bond donors (Lipinski definition) is 1. The highest BCUT2D eigenvalue weighted by atomic mass is 16.5. The number of imide groups is 1. The van der Waals surface area contributed by atoms with Crippen LogP contribution >= 0.6 is 0 Å². The molecule has 0 spiro atoms. The number of nitrogens with one attached hydrogen (secondary N) is 1. The minimum absolute atomic E-state index is 0.0571. The van der Waals surface area contributed by atoms with Gasteiger partial charge in [0.1, 0.15) is 11.3 Å². The van der Waals surface area contributed by atoms with Crippen LogP contribution in [0.15, 0.2) is 30.5 Å². The molecule has 0 bridgehead atoms. The fraction of sp³-hybridized carbons (Fsp3) is 0.316. The first-order valence-corrected chi connectivity index (χ1v) is 8.44. The van der Waals surface area contributed by atoms with Crippen LogP contribution in [0, 0.1) is 11.3 Å². The maximum absolute atomic E-state index is 12.4. The molecule has 0 saturated carbocycles. The molecule has 1 aliphatic heterocycles. The van der Waals surface area contributed by atoms with Gasteiger partial charge in [0, 0.05) is 12.3 Å². The molecule has 1 aliphatic rings. The molecule has 1 fully saturated rings. The van der Waals surface area contributed by atoms with E-state index in [0.29, 0.717) is 11.3 Å². The quantitative estimate of drug-likeness (QED) is 0.834. The van der Waals surface area contributed by atoms with Crippen molar-refractivity contribution in [3.8, 4) is 17.7 Å². The third kappa shape index (κ3) is 3.44. The Kier molecular flexibility index (Phi) is 4.54. The Morgan fingerprint density at radius 3 is 2.59 bits per heavy atom. The Morgan fingerprint density at radius 1 is 1.26 bits per heavy atom. The van der Waals surface area contributed by atoms with Gasteiger partial charge in [-0.25, -0.2) is 9.78 Å². The summed E-state index contributed by atoms with van der Waals surface area (Å²) in [6, 6.07) is 8.25. The molecule has 0 atom stereocenters. The zero-order valence-electron chi connectivity index (χ0n) is 15.5. The van der Waals surface area contributed by atoms with Crippen molar-refractivity contribution in [1.82, 2.24) is 15.3 Å². The molecule has 3 amide bonds. The SMILES string of the molecule is CC(C)c1cc(Oc2ccnc(N3C(=O)NC(C)(C)C3=O)n2)ccc1C#N. The predicted octanol–water partition coefficient (Wildman–Crippen LogP) is 3.10. The highest BCUT2D eigenvalue weighted by Gasteiger charge is 2.46. The van der Waals surface area contributed by atoms with Crippen molar-refractivity contribution in [1.29, 1.82) is 5.26 Å². The van der Waals surface area contributed by atoms with Crippen LogP contribution in [0.2, 0.25) is 0 Å². The number of ether oxygens (including phenoxy) is 1. The first-order chi connectivity index (χ1) is 12.7. The highest BCUT2D eigenvalue weighted by Crippen LogP contribution is 2.28. The van der Waals surface area contributed by atoms with E-state index in [9.17, 15) is 14.9 Å². The Labute approximate surface area is 156 Å². The monoisotopic (exact) mass is 365 g/mol. The lowest BCUT2D eigenvalue weighted by Gasteiger charge is -2.15. The number of rotatable bonds is 4. The van der Waals surface area contributed by atoms with Crippen molar-refractivity contribution < 1.29 is 14.3 Å². The molecule has 0 unspecified atom stereocenters. The minimum Gasteiger partial charge on any atom is -0.439 e. The fourth-order valence-corrected chi connectivity index (χ4v) is 2.73. The zero-order valence-corrected chi connectivity index (χ0v) is 15.5. The maximum atomic E-state index is 12.4. The zero-order chi connectivity index (χ0) is 19.8. The smallest absolute Gasteiger partial charge is 0.332 e. The van der Waals surface area contributed by atoms with Crippen LogP contribution in [0.25, 0.3) is 0 Å². The van der Waals surface area contributed by atoms with Crippen molar-refractivity contribution in [2.24, 2.45) is 0 Å². The van der Waals surface area contributed by atoms with Crippen LogP contribution in [0.5, 0.6) is 11.6 Å². The number of urea groups is 1. The van der Waals surface area contributed by atoms with Gasteiger partial charge in [-0.2, -0.15) is 15.1 Å². The number of aromatic nitrogens is 2. The summed E-state index contributed by atoms with van der Waals surface area (Å²) in [6.45, 7) is 7.19. The molecule has 27 heavy (non-hydrogen) atoms. The van der Waals surface area contributed by atoms with Crippen LogP contribution in [0.4, 0.5) is 10.7 Å². The summed E-state index contributed by atoms with van der Waals surface area (Å²) < 4.78 is 5.76. The third-order valence-electron chi connectivity index (χ3n) is 4.17. The molecule has 1 N–H and O–H groups in total. The summed E-state index contributed by atoms with van der Waals surface area (Å²) in [7, 11) is 0. The summed E-state index contributed by atoms with van der Waals surface area (Å²) in [5.41, 5.74) is 0.429. The van der Waals surface area contributed by atoms with Crippen molar-refractivity contribution in [2.75, 3.05) is 4.90 Å². The van der Waals surface area contributed by atoms with E-state index in [0.717, 1.165) is 10.5 Å². The van der Waals surface area contributed by atoms with Gasteiger partial charge in [-0.05, 0) is 43.5 Å². The number of hydrogen-bond acceptors (Lipinski definition) is 6. The van der Waals surface area contributed by atoms with Gasteiger partial charge in [0.25, 0.3) is 5.91 Å². The van der Waals surface area contributed by atoms with Gasteiger partial charge >= 0.3 is 6.03 Å². The van der Waals surface area contributed by atoms with Gasteiger partial charge in [0.2, 0.25) is 11.8 Å². The molecule has 8 nitrogen and oxygen atoms in total. The summed E-state index contributed by atoms with van der Waals surface area (Å²) in [5.74, 6) is 0.338. The summed E-state index contributed by atoms with van der Waals surface area (Å²) in [4.78, 5) is 33.6. The minimum atomic E-state index is -1.02. The fourth-order valence-electron chi connectivity index (χ4n) is 2.73. The molecule has 1 aromatic carbocycles. The number of carbonyl (C=O) groups is 2. The molecule has 0 aliphatic carbocycles. The number of amides is 3. The number of carbonyl (C=O) groups excluding carboxylic acids is 2. The van der Waals surface area contributed by atoms with Crippen LogP contribution in [0.1, 0.15) is 44.7 Å². The largest absolute Gasteiger partial charge is 0.439 e. The molecule has 138 valence electrons. The number of nitrogens with zero attached hydrogens (tertiary/aromatic N) is 4. The Balaban J connectivity index is 1.90. The molecular weight excluding hydrogens is 346 g/mol. The van der Waals surface area contributed by atoms with Crippen molar-refractivity contribution in [2.45, 2.75) is 39.2 Å². The van der Waals surface area contributed by atoms with E-state index in [4.69, 9.17) is 4.74 Å². The van der Waals surface area contributed by atoms with E-state index in [1.54, 1.807) is 32.0 Å². The van der Waals surface area contributed by atoms with Crippen LogP contribution < -0.4 is 15.0 Å². The van der Waals surface area contributed by atoms with Gasteiger partial charge in [0.15, 0.2) is 0 Å². The van der Waals surface area contributed by atoms with E-state index < -0.39 is 17.5 Å². The average molecular weight is 365 g/mol. The summed E-state index contributed by atoms with van der Waals surface area (Å²) in [6.07, 6.45) is 1.41. The third-order valence-corrected chi connectivity index (χ3v) is 4.17. The average Bonchev–Trinajstić information content (AvgIpc) is 2.82. The van der Waals surface area contributed by atoms with Gasteiger partial charge in [0.05, 0.1) is 11.6 Å². The summed E-state index contributed by atoms with van der Waals surface area (Å²) in [5, 5.41) is 11.8. The molecule has 2 aromatic rings. The molecule has 1 saturated heterocycles.